The highest BCUT2D eigenvalue weighted by molar-refractivity contribution is 5.82. The van der Waals surface area contributed by atoms with Crippen LogP contribution in [0.2, 0.25) is 0 Å². The number of aromatic amines is 1. The van der Waals surface area contributed by atoms with Crippen LogP contribution in [0, 0.1) is 11.7 Å². The number of carbonyl (C=O) groups is 1. The van der Waals surface area contributed by atoms with Crippen LogP contribution in [0.15, 0.2) is 54.7 Å². The summed E-state index contributed by atoms with van der Waals surface area (Å²) < 4.78 is 13.3. The van der Waals surface area contributed by atoms with Crippen LogP contribution in [-0.4, -0.2) is 50.1 Å². The minimum absolute atomic E-state index is 0.00669. The lowest BCUT2D eigenvalue weighted by Gasteiger charge is -2.16. The number of hydrogen-bond donors (Lipinski definition) is 2. The van der Waals surface area contributed by atoms with Crippen LogP contribution in [0.1, 0.15) is 17.8 Å². The van der Waals surface area contributed by atoms with Crippen molar-refractivity contribution in [2.45, 2.75) is 25.4 Å². The molecular weight excluding hydrogens is 395 g/mol. The fourth-order valence-electron chi connectivity index (χ4n) is 4.41. The van der Waals surface area contributed by atoms with Gasteiger partial charge in [-0.2, -0.15) is 0 Å². The van der Waals surface area contributed by atoms with E-state index >= 15 is 0 Å². The van der Waals surface area contributed by atoms with Crippen molar-refractivity contribution < 1.29 is 14.3 Å². The lowest BCUT2D eigenvalue weighted by molar-refractivity contribution is -0.130. The quantitative estimate of drug-likeness (QED) is 0.521. The number of nitrogens with zero attached hydrogens (tertiary/aromatic N) is 3. The number of carbonyl (C=O) groups excluding carboxylic acids is 1. The van der Waals surface area contributed by atoms with Gasteiger partial charge in [0.1, 0.15) is 11.6 Å². The summed E-state index contributed by atoms with van der Waals surface area (Å²) in [6.45, 7) is 0.875. The van der Waals surface area contributed by atoms with Crippen LogP contribution >= 0.6 is 0 Å². The van der Waals surface area contributed by atoms with E-state index in [1.54, 1.807) is 17.2 Å². The molecule has 1 aliphatic heterocycles. The van der Waals surface area contributed by atoms with Gasteiger partial charge in [-0.3, -0.25) is 9.78 Å². The largest absolute Gasteiger partial charge is 0.391 e. The second kappa shape index (κ2) is 8.07. The molecule has 2 atom stereocenters. The van der Waals surface area contributed by atoms with Crippen LogP contribution in [0.5, 0.6) is 0 Å². The minimum atomic E-state index is -0.551. The number of benzene rings is 2. The van der Waals surface area contributed by atoms with Gasteiger partial charge in [0.05, 0.1) is 22.7 Å². The third-order valence-electron chi connectivity index (χ3n) is 6.05. The highest BCUT2D eigenvalue weighted by atomic mass is 19.1. The molecule has 7 heteroatoms. The number of amides is 1. The number of hydrogen-bond acceptors (Lipinski definition) is 4. The summed E-state index contributed by atoms with van der Waals surface area (Å²) in [5, 5.41) is 11.7. The molecule has 1 aliphatic rings. The Bertz CT molecular complexity index is 1250. The Morgan fingerprint density at radius 1 is 1.16 bits per heavy atom. The Morgan fingerprint density at radius 3 is 2.94 bits per heavy atom. The number of aryl methyl sites for hydroxylation is 1. The number of fused-ring (bicyclic) bond motifs is 2. The number of nitrogens with one attached hydrogen (secondary N) is 1. The van der Waals surface area contributed by atoms with Gasteiger partial charge in [-0.05, 0) is 42.3 Å². The van der Waals surface area contributed by atoms with Gasteiger partial charge in [-0.1, -0.05) is 18.2 Å². The van der Waals surface area contributed by atoms with E-state index in [1.807, 2.05) is 30.3 Å². The lowest BCUT2D eigenvalue weighted by atomic mass is 9.94. The Labute approximate surface area is 178 Å². The Balaban J connectivity index is 1.22. The van der Waals surface area contributed by atoms with Crippen molar-refractivity contribution >= 4 is 27.8 Å². The molecule has 2 N–H and O–H groups in total. The summed E-state index contributed by atoms with van der Waals surface area (Å²) in [5.41, 5.74) is 3.39. The molecule has 1 fully saturated rings. The standard InChI is InChI=1S/C24H23FN4O2/c25-17-5-6-20-21(12-17)28-23(27-20)7-8-24(31)29-13-16(22(30)14-29)11-15-9-10-26-19-4-2-1-3-18(15)19/h1-6,9-10,12,16,22,30H,7-8,11,13-14H2,(H,27,28)/t16-,22+/m1/s1. The van der Waals surface area contributed by atoms with E-state index < -0.39 is 6.10 Å². The maximum atomic E-state index is 13.3. The molecule has 1 amide bonds. The number of aliphatic hydroxyl groups is 1. The maximum absolute atomic E-state index is 13.3. The molecule has 0 aliphatic carbocycles. The molecule has 31 heavy (non-hydrogen) atoms. The summed E-state index contributed by atoms with van der Waals surface area (Å²) in [5.74, 6) is 0.322. The van der Waals surface area contributed by atoms with Gasteiger partial charge < -0.3 is 15.0 Å². The number of likely N-dealkylation sites (tertiary alicyclic amines) is 1. The van der Waals surface area contributed by atoms with E-state index in [0.29, 0.717) is 49.2 Å². The molecule has 2 aromatic heterocycles. The molecule has 0 unspecified atom stereocenters. The summed E-state index contributed by atoms with van der Waals surface area (Å²) in [6, 6.07) is 14.4. The first-order valence-corrected chi connectivity index (χ1v) is 10.5. The number of para-hydroxylation sites is 1. The number of halogens is 1. The van der Waals surface area contributed by atoms with Gasteiger partial charge in [0, 0.05) is 43.4 Å². The van der Waals surface area contributed by atoms with Crippen LogP contribution in [-0.2, 0) is 17.6 Å². The van der Waals surface area contributed by atoms with Crippen molar-refractivity contribution in [1.82, 2.24) is 19.9 Å². The molecule has 0 saturated carbocycles. The fourth-order valence-corrected chi connectivity index (χ4v) is 4.41. The van der Waals surface area contributed by atoms with Crippen molar-refractivity contribution in [3.05, 3.63) is 71.9 Å². The van der Waals surface area contributed by atoms with Crippen molar-refractivity contribution in [3.8, 4) is 0 Å². The summed E-state index contributed by atoms with van der Waals surface area (Å²) in [7, 11) is 0. The molecule has 5 rings (SSSR count). The molecule has 2 aromatic carbocycles. The molecule has 0 spiro atoms. The third kappa shape index (κ3) is 4.01. The zero-order valence-corrected chi connectivity index (χ0v) is 17.0. The van der Waals surface area contributed by atoms with Crippen molar-refractivity contribution in [3.63, 3.8) is 0 Å². The second-order valence-electron chi connectivity index (χ2n) is 8.16. The predicted octanol–water partition coefficient (Wildman–Crippen LogP) is 3.24. The Morgan fingerprint density at radius 2 is 2.03 bits per heavy atom. The van der Waals surface area contributed by atoms with E-state index in [0.717, 1.165) is 16.5 Å². The number of H-pyrrole nitrogens is 1. The van der Waals surface area contributed by atoms with Crippen LogP contribution < -0.4 is 0 Å². The van der Waals surface area contributed by atoms with Crippen LogP contribution in [0.3, 0.4) is 0 Å². The van der Waals surface area contributed by atoms with Gasteiger partial charge in [-0.15, -0.1) is 0 Å². The van der Waals surface area contributed by atoms with E-state index in [9.17, 15) is 14.3 Å². The smallest absolute Gasteiger partial charge is 0.223 e. The molecule has 4 aromatic rings. The van der Waals surface area contributed by atoms with Gasteiger partial charge in [0.15, 0.2) is 0 Å². The average molecular weight is 418 g/mol. The number of aliphatic hydroxyl groups excluding tert-OH is 1. The van der Waals surface area contributed by atoms with Crippen LogP contribution in [0.4, 0.5) is 4.39 Å². The fraction of sp³-hybridized carbons (Fsp3) is 0.292. The highest BCUT2D eigenvalue weighted by Crippen LogP contribution is 2.26. The number of β-amino-alcohol motifs (C(OH)–C–C–N with tert-alkyl or cyclic N) is 1. The van der Waals surface area contributed by atoms with Gasteiger partial charge in [0.25, 0.3) is 0 Å². The topological polar surface area (TPSA) is 82.1 Å². The average Bonchev–Trinajstić information content (AvgIpc) is 3.35. The number of rotatable bonds is 5. The third-order valence-corrected chi connectivity index (χ3v) is 6.05. The van der Waals surface area contributed by atoms with E-state index in [1.165, 1.54) is 12.1 Å². The highest BCUT2D eigenvalue weighted by Gasteiger charge is 2.34. The Kier molecular flexibility index (Phi) is 5.11. The molecule has 3 heterocycles. The molecular formula is C24H23FN4O2. The molecule has 6 nitrogen and oxygen atoms in total. The number of aromatic nitrogens is 3. The van der Waals surface area contributed by atoms with Crippen molar-refractivity contribution in [2.24, 2.45) is 5.92 Å². The molecule has 0 radical (unpaired) electrons. The first kappa shape index (κ1) is 19.6. The molecule has 0 bridgehead atoms. The van der Waals surface area contributed by atoms with E-state index in [2.05, 4.69) is 15.0 Å². The zero-order valence-electron chi connectivity index (χ0n) is 17.0. The first-order valence-electron chi connectivity index (χ1n) is 10.5. The maximum Gasteiger partial charge on any atom is 0.223 e. The number of imidazole rings is 1. The lowest BCUT2D eigenvalue weighted by Crippen LogP contribution is -2.29. The van der Waals surface area contributed by atoms with Crippen molar-refractivity contribution in [1.29, 1.82) is 0 Å². The van der Waals surface area contributed by atoms with Crippen molar-refractivity contribution in [2.75, 3.05) is 13.1 Å². The summed E-state index contributed by atoms with van der Waals surface area (Å²) >= 11 is 0. The van der Waals surface area contributed by atoms with E-state index in [-0.39, 0.29) is 17.6 Å². The van der Waals surface area contributed by atoms with E-state index in [4.69, 9.17) is 0 Å². The monoisotopic (exact) mass is 418 g/mol. The normalized spacial score (nSPS) is 18.8. The molecule has 1 saturated heterocycles. The first-order chi connectivity index (χ1) is 15.1. The van der Waals surface area contributed by atoms with Gasteiger partial charge in [-0.25, -0.2) is 9.37 Å². The van der Waals surface area contributed by atoms with Gasteiger partial charge >= 0.3 is 0 Å². The SMILES string of the molecule is O=C(CCc1nc2ccc(F)cc2[nH]1)N1C[C@@H](Cc2ccnc3ccccc23)[C@@H](O)C1. The van der Waals surface area contributed by atoms with Gasteiger partial charge in [0.2, 0.25) is 5.91 Å². The summed E-state index contributed by atoms with van der Waals surface area (Å²) in [4.78, 5) is 26.4. The zero-order chi connectivity index (χ0) is 21.4. The minimum Gasteiger partial charge on any atom is -0.391 e. The second-order valence-corrected chi connectivity index (χ2v) is 8.16. The Hall–Kier alpha value is -3.32. The van der Waals surface area contributed by atoms with Crippen LogP contribution in [0.25, 0.3) is 21.9 Å². The number of pyridine rings is 1. The predicted molar refractivity (Wildman–Crippen MR) is 116 cm³/mol. The summed E-state index contributed by atoms with van der Waals surface area (Å²) in [6.07, 6.45) is 2.68. The molecule has 158 valence electrons.